The molecular formula is C19H15N5O4S2. The largest absolute Gasteiger partial charge is 0.481 e. The predicted octanol–water partition coefficient (Wildman–Crippen LogP) is 3.32. The molecule has 0 unspecified atom stereocenters. The maximum Gasteiger partial charge on any atom is 0.303 e. The third-order valence-corrected chi connectivity index (χ3v) is 5.80. The molecule has 3 aromatic rings. The molecule has 3 heterocycles. The molecule has 1 saturated heterocycles. The minimum Gasteiger partial charge on any atom is -0.481 e. The number of hydrogen-bond acceptors (Lipinski definition) is 7. The van der Waals surface area contributed by atoms with Crippen molar-refractivity contribution in [2.45, 2.75) is 12.8 Å². The molecule has 2 amide bonds. The number of amides is 2. The zero-order valence-electron chi connectivity index (χ0n) is 15.3. The molecule has 4 rings (SSSR count). The van der Waals surface area contributed by atoms with Crippen LogP contribution in [0.2, 0.25) is 0 Å². The summed E-state index contributed by atoms with van der Waals surface area (Å²) < 4.78 is 0. The van der Waals surface area contributed by atoms with Crippen LogP contribution in [0.5, 0.6) is 0 Å². The molecule has 152 valence electrons. The summed E-state index contributed by atoms with van der Waals surface area (Å²) in [5.74, 6) is -1.73. The van der Waals surface area contributed by atoms with Crippen molar-refractivity contribution < 1.29 is 19.5 Å². The van der Waals surface area contributed by atoms with E-state index < -0.39 is 11.9 Å². The summed E-state index contributed by atoms with van der Waals surface area (Å²) in [7, 11) is 0. The molecule has 0 radical (unpaired) electrons. The minimum atomic E-state index is -1.04. The van der Waals surface area contributed by atoms with Crippen LogP contribution in [-0.2, 0) is 14.4 Å². The number of aromatic amines is 1. The molecule has 2 aromatic heterocycles. The molecule has 0 atom stereocenters. The number of benzene rings is 1. The van der Waals surface area contributed by atoms with E-state index in [0.29, 0.717) is 20.1 Å². The second kappa shape index (κ2) is 8.51. The van der Waals surface area contributed by atoms with Crippen LogP contribution in [0.1, 0.15) is 17.7 Å². The van der Waals surface area contributed by atoms with E-state index in [1.807, 2.05) is 30.5 Å². The standard InChI is InChI=1S/C19H15N5O4S2/c25-15(3-4-16(26)27)23-18-21-9-12(29-18)8-14-17(28)24-19(30-14)22-11-2-1-10-5-6-20-13(10)7-11/h1-2,5-9,20H,3-4H2,(H,26,27)(H,21,23,25)(H,22,24,28)/b14-8-. The van der Waals surface area contributed by atoms with Crippen molar-refractivity contribution in [1.82, 2.24) is 15.3 Å². The lowest BCUT2D eigenvalue weighted by atomic mass is 10.2. The van der Waals surface area contributed by atoms with Crippen LogP contribution in [-0.4, -0.2) is 38.0 Å². The van der Waals surface area contributed by atoms with Gasteiger partial charge in [0.2, 0.25) is 5.91 Å². The number of thiazole rings is 1. The van der Waals surface area contributed by atoms with E-state index in [-0.39, 0.29) is 18.7 Å². The van der Waals surface area contributed by atoms with Crippen LogP contribution in [0.15, 0.2) is 46.6 Å². The smallest absolute Gasteiger partial charge is 0.303 e. The lowest BCUT2D eigenvalue weighted by molar-refractivity contribution is -0.138. The predicted molar refractivity (Wildman–Crippen MR) is 117 cm³/mol. The van der Waals surface area contributed by atoms with Crippen molar-refractivity contribution >= 4 is 73.8 Å². The number of aliphatic imine (C=N–C) groups is 1. The van der Waals surface area contributed by atoms with Gasteiger partial charge in [0.1, 0.15) is 0 Å². The number of amidine groups is 1. The molecule has 9 nitrogen and oxygen atoms in total. The number of aromatic nitrogens is 2. The van der Waals surface area contributed by atoms with Gasteiger partial charge in [-0.1, -0.05) is 17.4 Å². The van der Waals surface area contributed by atoms with Gasteiger partial charge in [0.25, 0.3) is 5.91 Å². The Kier molecular flexibility index (Phi) is 5.63. The number of H-pyrrole nitrogens is 1. The molecule has 0 aliphatic carbocycles. The number of anilines is 1. The van der Waals surface area contributed by atoms with Gasteiger partial charge in [-0.25, -0.2) is 9.98 Å². The third kappa shape index (κ3) is 4.75. The quantitative estimate of drug-likeness (QED) is 0.433. The highest BCUT2D eigenvalue weighted by atomic mass is 32.2. The average Bonchev–Trinajstić information content (AvgIpc) is 3.41. The molecule has 0 bridgehead atoms. The maximum absolute atomic E-state index is 12.3. The zero-order chi connectivity index (χ0) is 21.1. The Morgan fingerprint density at radius 3 is 2.97 bits per heavy atom. The lowest BCUT2D eigenvalue weighted by Gasteiger charge is -1.98. The Labute approximate surface area is 178 Å². The Morgan fingerprint density at radius 2 is 2.13 bits per heavy atom. The normalized spacial score (nSPS) is 16.3. The monoisotopic (exact) mass is 441 g/mol. The highest BCUT2D eigenvalue weighted by Crippen LogP contribution is 2.31. The number of aliphatic carboxylic acids is 1. The van der Waals surface area contributed by atoms with Crippen LogP contribution in [0.25, 0.3) is 17.0 Å². The van der Waals surface area contributed by atoms with Gasteiger partial charge < -0.3 is 20.7 Å². The van der Waals surface area contributed by atoms with Crippen LogP contribution in [0, 0.1) is 0 Å². The molecule has 4 N–H and O–H groups in total. The van der Waals surface area contributed by atoms with E-state index in [1.165, 1.54) is 29.3 Å². The van der Waals surface area contributed by atoms with Gasteiger partial charge in [0, 0.05) is 24.3 Å². The maximum atomic E-state index is 12.3. The summed E-state index contributed by atoms with van der Waals surface area (Å²) in [5, 5.41) is 15.8. The summed E-state index contributed by atoms with van der Waals surface area (Å²) in [6.07, 6.45) is 4.68. The molecule has 0 saturated carbocycles. The van der Waals surface area contributed by atoms with Gasteiger partial charge in [-0.05, 0) is 41.4 Å². The zero-order valence-corrected chi connectivity index (χ0v) is 17.0. The van der Waals surface area contributed by atoms with E-state index in [1.54, 1.807) is 6.08 Å². The molecule has 0 spiro atoms. The Hall–Kier alpha value is -3.44. The molecular weight excluding hydrogens is 426 g/mol. The fourth-order valence-corrected chi connectivity index (χ4v) is 4.33. The van der Waals surface area contributed by atoms with E-state index in [9.17, 15) is 14.4 Å². The number of carbonyl (C=O) groups is 3. The first-order valence-electron chi connectivity index (χ1n) is 8.80. The number of nitrogens with zero attached hydrogens (tertiary/aromatic N) is 2. The molecule has 1 aliphatic heterocycles. The van der Waals surface area contributed by atoms with Crippen molar-refractivity contribution in [1.29, 1.82) is 0 Å². The van der Waals surface area contributed by atoms with Crippen molar-refractivity contribution in [3.63, 3.8) is 0 Å². The van der Waals surface area contributed by atoms with E-state index in [0.717, 1.165) is 16.6 Å². The van der Waals surface area contributed by atoms with Crippen molar-refractivity contribution in [2.75, 3.05) is 5.32 Å². The average molecular weight is 441 g/mol. The highest BCUT2D eigenvalue weighted by molar-refractivity contribution is 8.18. The van der Waals surface area contributed by atoms with Crippen molar-refractivity contribution in [3.8, 4) is 0 Å². The van der Waals surface area contributed by atoms with Crippen LogP contribution in [0.4, 0.5) is 10.8 Å². The summed E-state index contributed by atoms with van der Waals surface area (Å²) in [4.78, 5) is 47.3. The Balaban J connectivity index is 1.43. The first kappa shape index (κ1) is 19.9. The fraction of sp³-hybridized carbons (Fsp3) is 0.105. The van der Waals surface area contributed by atoms with Gasteiger partial charge in [0.15, 0.2) is 10.3 Å². The summed E-state index contributed by atoms with van der Waals surface area (Å²) in [6, 6.07) is 7.70. The Bertz CT molecular complexity index is 1210. The van der Waals surface area contributed by atoms with Gasteiger partial charge in [0.05, 0.1) is 21.9 Å². The van der Waals surface area contributed by atoms with E-state index in [2.05, 4.69) is 25.6 Å². The van der Waals surface area contributed by atoms with Gasteiger partial charge >= 0.3 is 5.97 Å². The topological polar surface area (TPSA) is 137 Å². The van der Waals surface area contributed by atoms with E-state index in [4.69, 9.17) is 5.11 Å². The number of carboxylic acid groups (broad SMARTS) is 1. The number of hydrogen-bond donors (Lipinski definition) is 4. The van der Waals surface area contributed by atoms with Crippen LogP contribution < -0.4 is 10.6 Å². The van der Waals surface area contributed by atoms with Gasteiger partial charge in [-0.2, -0.15) is 0 Å². The minimum absolute atomic E-state index is 0.127. The first-order chi connectivity index (χ1) is 14.5. The second-order valence-corrected chi connectivity index (χ2v) is 8.33. The molecule has 1 aromatic carbocycles. The van der Waals surface area contributed by atoms with Crippen molar-refractivity contribution in [2.24, 2.45) is 4.99 Å². The molecule has 30 heavy (non-hydrogen) atoms. The summed E-state index contributed by atoms with van der Waals surface area (Å²) >= 11 is 2.40. The van der Waals surface area contributed by atoms with Crippen LogP contribution >= 0.6 is 23.1 Å². The molecule has 11 heteroatoms. The first-order valence-corrected chi connectivity index (χ1v) is 10.4. The van der Waals surface area contributed by atoms with Gasteiger partial charge in [-0.3, -0.25) is 14.4 Å². The lowest BCUT2D eigenvalue weighted by Crippen LogP contribution is -2.19. The van der Waals surface area contributed by atoms with Crippen LogP contribution in [0.3, 0.4) is 0 Å². The number of nitrogens with one attached hydrogen (secondary N) is 3. The highest BCUT2D eigenvalue weighted by Gasteiger charge is 2.24. The number of carboxylic acids is 1. The Morgan fingerprint density at radius 1 is 1.27 bits per heavy atom. The van der Waals surface area contributed by atoms with Crippen molar-refractivity contribution in [3.05, 3.63) is 46.4 Å². The van der Waals surface area contributed by atoms with Gasteiger partial charge in [-0.15, -0.1) is 0 Å². The number of carbonyl (C=O) groups excluding carboxylic acids is 2. The molecule has 1 fully saturated rings. The number of rotatable bonds is 6. The third-order valence-electron chi connectivity index (χ3n) is 4.03. The summed E-state index contributed by atoms with van der Waals surface area (Å²) in [6.45, 7) is 0. The second-order valence-electron chi connectivity index (χ2n) is 6.24. The fourth-order valence-electron chi connectivity index (χ4n) is 2.65. The van der Waals surface area contributed by atoms with E-state index >= 15 is 0 Å². The summed E-state index contributed by atoms with van der Waals surface area (Å²) in [5.41, 5.74) is 1.68. The number of thioether (sulfide) groups is 1. The SMILES string of the molecule is O=C(O)CCC(=O)Nc1ncc(/C=C2\S/C(=N\c3ccc4cc[nH]c4c3)NC2=O)s1. The number of fused-ring (bicyclic) bond motifs is 1. The molecule has 1 aliphatic rings.